The zero-order valence-electron chi connectivity index (χ0n) is 7.77. The normalized spacial score (nSPS) is 10.0. The van der Waals surface area contributed by atoms with Gasteiger partial charge in [0.25, 0.3) is 0 Å². The van der Waals surface area contributed by atoms with Gasteiger partial charge in [-0.15, -0.1) is 0 Å². The van der Waals surface area contributed by atoms with E-state index in [4.69, 9.17) is 0 Å². The molecular weight excluding hydrogens is 172 g/mol. The highest BCUT2D eigenvalue weighted by atomic mass is 14.8. The SMILES string of the molecule is C=Cc1cnc2ncc(C=C)cc2c1. The molecule has 0 aliphatic rings. The summed E-state index contributed by atoms with van der Waals surface area (Å²) in [5, 5.41) is 1.01. The molecule has 0 unspecified atom stereocenters. The quantitative estimate of drug-likeness (QED) is 0.713. The Hall–Kier alpha value is -1.96. The van der Waals surface area contributed by atoms with Crippen LogP contribution in [0.25, 0.3) is 23.2 Å². The van der Waals surface area contributed by atoms with E-state index in [1.54, 1.807) is 24.5 Å². The molecule has 2 nitrogen and oxygen atoms in total. The molecule has 0 saturated heterocycles. The molecule has 0 spiro atoms. The molecule has 0 fully saturated rings. The number of pyridine rings is 2. The van der Waals surface area contributed by atoms with Gasteiger partial charge in [-0.05, 0) is 23.3 Å². The van der Waals surface area contributed by atoms with E-state index >= 15 is 0 Å². The third-order valence-electron chi connectivity index (χ3n) is 2.05. The van der Waals surface area contributed by atoms with Crippen LogP contribution in [0.4, 0.5) is 0 Å². The van der Waals surface area contributed by atoms with Crippen LogP contribution >= 0.6 is 0 Å². The van der Waals surface area contributed by atoms with Gasteiger partial charge in [-0.2, -0.15) is 0 Å². The van der Waals surface area contributed by atoms with E-state index in [1.165, 1.54) is 0 Å². The lowest BCUT2D eigenvalue weighted by atomic mass is 10.2. The molecule has 0 saturated carbocycles. The summed E-state index contributed by atoms with van der Waals surface area (Å²) in [7, 11) is 0. The monoisotopic (exact) mass is 182 g/mol. The van der Waals surface area contributed by atoms with Gasteiger partial charge in [-0.1, -0.05) is 25.3 Å². The van der Waals surface area contributed by atoms with Crippen molar-refractivity contribution in [1.29, 1.82) is 0 Å². The summed E-state index contributed by atoms with van der Waals surface area (Å²) in [4.78, 5) is 8.42. The average Bonchev–Trinajstić information content (AvgIpc) is 2.27. The third-order valence-corrected chi connectivity index (χ3v) is 2.05. The second-order valence-corrected chi connectivity index (χ2v) is 2.99. The Labute approximate surface area is 82.6 Å². The minimum atomic E-state index is 0.751. The van der Waals surface area contributed by atoms with Crippen LogP contribution < -0.4 is 0 Å². The van der Waals surface area contributed by atoms with E-state index in [1.807, 2.05) is 12.1 Å². The van der Waals surface area contributed by atoms with Gasteiger partial charge in [0.15, 0.2) is 5.65 Å². The molecule has 0 aromatic carbocycles. The number of hydrogen-bond donors (Lipinski definition) is 0. The second-order valence-electron chi connectivity index (χ2n) is 2.99. The average molecular weight is 182 g/mol. The maximum atomic E-state index is 4.21. The van der Waals surface area contributed by atoms with Crippen LogP contribution in [0.3, 0.4) is 0 Å². The van der Waals surface area contributed by atoms with Crippen molar-refractivity contribution < 1.29 is 0 Å². The van der Waals surface area contributed by atoms with Crippen molar-refractivity contribution in [2.45, 2.75) is 0 Å². The molecular formula is C12H10N2. The maximum absolute atomic E-state index is 4.21. The molecule has 2 heterocycles. The van der Waals surface area contributed by atoms with Crippen LogP contribution in [0, 0.1) is 0 Å². The molecule has 14 heavy (non-hydrogen) atoms. The van der Waals surface area contributed by atoms with Crippen LogP contribution in [0.1, 0.15) is 11.1 Å². The zero-order chi connectivity index (χ0) is 9.97. The lowest BCUT2D eigenvalue weighted by Gasteiger charge is -1.99. The highest BCUT2D eigenvalue weighted by Gasteiger charge is 1.97. The van der Waals surface area contributed by atoms with Gasteiger partial charge in [-0.3, -0.25) is 0 Å². The fourth-order valence-electron chi connectivity index (χ4n) is 1.28. The number of rotatable bonds is 2. The Morgan fingerprint density at radius 1 is 0.929 bits per heavy atom. The van der Waals surface area contributed by atoms with E-state index in [0.717, 1.165) is 22.2 Å². The first-order valence-corrected chi connectivity index (χ1v) is 4.34. The molecule has 0 atom stereocenters. The van der Waals surface area contributed by atoms with Crippen LogP contribution in [-0.4, -0.2) is 9.97 Å². The summed E-state index contributed by atoms with van der Waals surface area (Å²) < 4.78 is 0. The fourth-order valence-corrected chi connectivity index (χ4v) is 1.28. The summed E-state index contributed by atoms with van der Waals surface area (Å²) in [5.74, 6) is 0. The van der Waals surface area contributed by atoms with Crippen LogP contribution in [0.15, 0.2) is 37.7 Å². The minimum absolute atomic E-state index is 0.751. The third kappa shape index (κ3) is 1.42. The van der Waals surface area contributed by atoms with Crippen molar-refractivity contribution in [2.75, 3.05) is 0 Å². The van der Waals surface area contributed by atoms with Gasteiger partial charge < -0.3 is 0 Å². The molecule has 0 radical (unpaired) electrons. The molecule has 2 rings (SSSR count). The topological polar surface area (TPSA) is 25.8 Å². The van der Waals surface area contributed by atoms with Gasteiger partial charge in [0.2, 0.25) is 0 Å². The molecule has 0 N–H and O–H groups in total. The lowest BCUT2D eigenvalue weighted by Crippen LogP contribution is -1.85. The first kappa shape index (κ1) is 8.63. The Morgan fingerprint density at radius 2 is 1.43 bits per heavy atom. The summed E-state index contributed by atoms with van der Waals surface area (Å²) in [6.45, 7) is 7.40. The van der Waals surface area contributed by atoms with Crippen LogP contribution in [0.2, 0.25) is 0 Å². The highest BCUT2D eigenvalue weighted by Crippen LogP contribution is 2.14. The van der Waals surface area contributed by atoms with E-state index in [0.29, 0.717) is 0 Å². The van der Waals surface area contributed by atoms with Crippen molar-refractivity contribution >= 4 is 23.2 Å². The standard InChI is InChI=1S/C12H10N2/c1-3-9-5-11-6-10(4-2)8-14-12(11)13-7-9/h3-8H,1-2H2. The molecule has 0 aliphatic heterocycles. The number of aromatic nitrogens is 2. The first-order valence-electron chi connectivity index (χ1n) is 4.34. The zero-order valence-corrected chi connectivity index (χ0v) is 7.77. The largest absolute Gasteiger partial charge is 0.236 e. The second kappa shape index (κ2) is 3.42. The van der Waals surface area contributed by atoms with E-state index in [-0.39, 0.29) is 0 Å². The Bertz CT molecular complexity index is 458. The lowest BCUT2D eigenvalue weighted by molar-refractivity contribution is 1.28. The number of hydrogen-bond acceptors (Lipinski definition) is 2. The fraction of sp³-hybridized carbons (Fsp3) is 0. The molecule has 68 valence electrons. The number of nitrogens with zero attached hydrogens (tertiary/aromatic N) is 2. The molecule has 0 aliphatic carbocycles. The van der Waals surface area contributed by atoms with Crippen LogP contribution in [-0.2, 0) is 0 Å². The predicted octanol–water partition coefficient (Wildman–Crippen LogP) is 2.92. The van der Waals surface area contributed by atoms with E-state index in [9.17, 15) is 0 Å². The maximum Gasteiger partial charge on any atom is 0.159 e. The van der Waals surface area contributed by atoms with Gasteiger partial charge in [0.1, 0.15) is 0 Å². The Balaban J connectivity index is 2.71. The summed E-state index contributed by atoms with van der Waals surface area (Å²) >= 11 is 0. The van der Waals surface area contributed by atoms with Gasteiger partial charge in [0, 0.05) is 17.8 Å². The summed E-state index contributed by atoms with van der Waals surface area (Å²) in [6, 6.07) is 4.02. The molecule has 0 amide bonds. The van der Waals surface area contributed by atoms with Crippen molar-refractivity contribution in [3.05, 3.63) is 48.8 Å². The predicted molar refractivity (Wildman–Crippen MR) is 59.7 cm³/mol. The van der Waals surface area contributed by atoms with Crippen molar-refractivity contribution in [1.82, 2.24) is 9.97 Å². The summed E-state index contributed by atoms with van der Waals surface area (Å²) in [5.41, 5.74) is 2.75. The Morgan fingerprint density at radius 3 is 1.86 bits per heavy atom. The molecule has 2 heteroatoms. The van der Waals surface area contributed by atoms with E-state index in [2.05, 4.69) is 23.1 Å². The minimum Gasteiger partial charge on any atom is -0.236 e. The van der Waals surface area contributed by atoms with E-state index < -0.39 is 0 Å². The Kier molecular flexibility index (Phi) is 2.11. The van der Waals surface area contributed by atoms with Gasteiger partial charge in [0.05, 0.1) is 0 Å². The van der Waals surface area contributed by atoms with Crippen molar-refractivity contribution in [3.8, 4) is 0 Å². The number of fused-ring (bicyclic) bond motifs is 1. The highest BCUT2D eigenvalue weighted by molar-refractivity contribution is 5.79. The summed E-state index contributed by atoms with van der Waals surface area (Å²) in [6.07, 6.45) is 7.06. The molecule has 0 bridgehead atoms. The molecule has 2 aromatic heterocycles. The van der Waals surface area contributed by atoms with Gasteiger partial charge >= 0.3 is 0 Å². The van der Waals surface area contributed by atoms with Crippen molar-refractivity contribution in [3.63, 3.8) is 0 Å². The first-order chi connectivity index (χ1) is 6.83. The smallest absolute Gasteiger partial charge is 0.159 e. The van der Waals surface area contributed by atoms with Crippen LogP contribution in [0.5, 0.6) is 0 Å². The van der Waals surface area contributed by atoms with Gasteiger partial charge in [-0.25, -0.2) is 9.97 Å². The van der Waals surface area contributed by atoms with Crippen molar-refractivity contribution in [2.24, 2.45) is 0 Å². The molecule has 2 aromatic rings.